The molecule has 0 saturated carbocycles. The Hall–Kier alpha value is 0. The van der Waals surface area contributed by atoms with Crippen molar-refractivity contribution in [2.45, 2.75) is 86.5 Å². The van der Waals surface area contributed by atoms with Crippen LogP contribution in [0.1, 0.15) is 86.5 Å². The van der Waals surface area contributed by atoms with Gasteiger partial charge in [-0.25, -0.2) is 0 Å². The van der Waals surface area contributed by atoms with Crippen molar-refractivity contribution in [1.29, 1.82) is 0 Å². The Bertz CT molecular complexity index is 159. The summed E-state index contributed by atoms with van der Waals surface area (Å²) in [7, 11) is 0. The van der Waals surface area contributed by atoms with Crippen molar-refractivity contribution in [3.05, 3.63) is 0 Å². The summed E-state index contributed by atoms with van der Waals surface area (Å²) in [6.07, 6.45) is 9.86. The Morgan fingerprint density at radius 1 is 0.706 bits per heavy atom. The summed E-state index contributed by atoms with van der Waals surface area (Å²) in [5.41, 5.74) is 0. The van der Waals surface area contributed by atoms with Gasteiger partial charge in [0.05, 0.1) is 0 Å². The van der Waals surface area contributed by atoms with E-state index in [0.717, 1.165) is 23.7 Å². The van der Waals surface area contributed by atoms with Gasteiger partial charge in [0.2, 0.25) is 0 Å². The third-order valence-electron chi connectivity index (χ3n) is 4.34. The maximum absolute atomic E-state index is 2.48. The number of hydrogen-bond donors (Lipinski definition) is 0. The summed E-state index contributed by atoms with van der Waals surface area (Å²) in [5, 5.41) is 0. The Kier molecular flexibility index (Phi) is 9.97. The zero-order valence-electron chi connectivity index (χ0n) is 13.3. The van der Waals surface area contributed by atoms with Crippen LogP contribution in [0, 0.1) is 23.7 Å². The molecule has 0 fully saturated rings. The summed E-state index contributed by atoms with van der Waals surface area (Å²) in [5.74, 6) is 3.70. The van der Waals surface area contributed by atoms with Crippen LogP contribution in [0.15, 0.2) is 0 Å². The van der Waals surface area contributed by atoms with Crippen LogP contribution in [-0.2, 0) is 0 Å². The lowest BCUT2D eigenvalue weighted by atomic mass is 9.81. The first kappa shape index (κ1) is 17.0. The van der Waals surface area contributed by atoms with Crippen LogP contribution < -0.4 is 0 Å². The maximum Gasteiger partial charge on any atom is -0.0391 e. The fraction of sp³-hybridized carbons (Fsp3) is 1.00. The lowest BCUT2D eigenvalue weighted by molar-refractivity contribution is 0.270. The SMILES string of the molecule is CCCC(C)CCC(C)C(CC)CCC(C)C. The average Bonchev–Trinajstić information content (AvgIpc) is 2.27. The van der Waals surface area contributed by atoms with Gasteiger partial charge in [0.1, 0.15) is 0 Å². The van der Waals surface area contributed by atoms with Crippen molar-refractivity contribution in [2.75, 3.05) is 0 Å². The Balaban J connectivity index is 3.86. The summed E-state index contributed by atoms with van der Waals surface area (Å²) in [6, 6.07) is 0. The molecule has 0 spiro atoms. The van der Waals surface area contributed by atoms with Gasteiger partial charge in [-0.1, -0.05) is 80.1 Å². The fourth-order valence-electron chi connectivity index (χ4n) is 2.86. The Morgan fingerprint density at radius 3 is 1.82 bits per heavy atom. The van der Waals surface area contributed by atoms with Gasteiger partial charge >= 0.3 is 0 Å². The maximum atomic E-state index is 2.48. The van der Waals surface area contributed by atoms with Crippen molar-refractivity contribution < 1.29 is 0 Å². The quantitative estimate of drug-likeness (QED) is 0.420. The molecule has 0 rings (SSSR count). The molecule has 3 atom stereocenters. The van der Waals surface area contributed by atoms with Crippen molar-refractivity contribution in [1.82, 2.24) is 0 Å². The van der Waals surface area contributed by atoms with Gasteiger partial charge < -0.3 is 0 Å². The first-order chi connectivity index (χ1) is 8.01. The Labute approximate surface area is 111 Å². The van der Waals surface area contributed by atoms with Gasteiger partial charge in [0.15, 0.2) is 0 Å². The third-order valence-corrected chi connectivity index (χ3v) is 4.34. The van der Waals surface area contributed by atoms with Crippen molar-refractivity contribution in [2.24, 2.45) is 23.7 Å². The van der Waals surface area contributed by atoms with Crippen LogP contribution in [-0.4, -0.2) is 0 Å². The predicted molar refractivity (Wildman–Crippen MR) is 80.3 cm³/mol. The van der Waals surface area contributed by atoms with Crippen molar-refractivity contribution >= 4 is 0 Å². The first-order valence-corrected chi connectivity index (χ1v) is 8.01. The molecule has 0 aliphatic heterocycles. The van der Waals surface area contributed by atoms with Crippen LogP contribution in [0.5, 0.6) is 0 Å². The van der Waals surface area contributed by atoms with Crippen LogP contribution >= 0.6 is 0 Å². The lowest BCUT2D eigenvalue weighted by Crippen LogP contribution is -2.13. The second-order valence-corrected chi connectivity index (χ2v) is 6.59. The van der Waals surface area contributed by atoms with E-state index in [2.05, 4.69) is 41.5 Å². The van der Waals surface area contributed by atoms with Gasteiger partial charge in [-0.15, -0.1) is 0 Å². The normalized spacial score (nSPS) is 17.1. The van der Waals surface area contributed by atoms with E-state index in [1.54, 1.807) is 0 Å². The molecule has 0 aliphatic carbocycles. The molecule has 0 amide bonds. The highest BCUT2D eigenvalue weighted by molar-refractivity contribution is 4.68. The molecule has 0 nitrogen and oxygen atoms in total. The summed E-state index contributed by atoms with van der Waals surface area (Å²) in [6.45, 7) is 14.3. The second kappa shape index (κ2) is 9.97. The Morgan fingerprint density at radius 2 is 1.35 bits per heavy atom. The van der Waals surface area contributed by atoms with E-state index in [1.807, 2.05) is 0 Å². The topological polar surface area (TPSA) is 0 Å². The minimum absolute atomic E-state index is 0.871. The average molecular weight is 240 g/mol. The summed E-state index contributed by atoms with van der Waals surface area (Å²) >= 11 is 0. The lowest BCUT2D eigenvalue weighted by Gasteiger charge is -2.24. The highest BCUT2D eigenvalue weighted by atomic mass is 14.2. The zero-order chi connectivity index (χ0) is 13.3. The first-order valence-electron chi connectivity index (χ1n) is 8.01. The highest BCUT2D eigenvalue weighted by Crippen LogP contribution is 2.28. The summed E-state index contributed by atoms with van der Waals surface area (Å²) < 4.78 is 0. The molecular weight excluding hydrogens is 204 g/mol. The predicted octanol–water partition coefficient (Wildman–Crippen LogP) is 6.30. The smallest absolute Gasteiger partial charge is 0.0391 e. The standard InChI is InChI=1S/C17H36/c1-7-9-15(5)11-12-16(6)17(8-2)13-10-14(3)4/h14-17H,7-13H2,1-6H3. The van der Waals surface area contributed by atoms with E-state index in [-0.39, 0.29) is 0 Å². The van der Waals surface area contributed by atoms with Crippen LogP contribution in [0.25, 0.3) is 0 Å². The van der Waals surface area contributed by atoms with E-state index in [0.29, 0.717) is 0 Å². The van der Waals surface area contributed by atoms with Crippen LogP contribution in [0.3, 0.4) is 0 Å². The summed E-state index contributed by atoms with van der Waals surface area (Å²) in [4.78, 5) is 0. The molecule has 0 aromatic rings. The molecule has 0 bridgehead atoms. The monoisotopic (exact) mass is 240 g/mol. The third kappa shape index (κ3) is 8.69. The van der Waals surface area contributed by atoms with Crippen molar-refractivity contribution in [3.8, 4) is 0 Å². The number of hydrogen-bond acceptors (Lipinski definition) is 0. The van der Waals surface area contributed by atoms with Crippen molar-refractivity contribution in [3.63, 3.8) is 0 Å². The van der Waals surface area contributed by atoms with Crippen LogP contribution in [0.4, 0.5) is 0 Å². The zero-order valence-corrected chi connectivity index (χ0v) is 13.3. The molecule has 0 heterocycles. The molecule has 0 aromatic carbocycles. The largest absolute Gasteiger partial charge is 0.0654 e. The van der Waals surface area contributed by atoms with E-state index in [1.165, 1.54) is 44.9 Å². The molecule has 17 heavy (non-hydrogen) atoms. The van der Waals surface area contributed by atoms with Crippen LogP contribution in [0.2, 0.25) is 0 Å². The molecule has 0 aliphatic rings. The number of rotatable bonds is 10. The molecule has 0 radical (unpaired) electrons. The van der Waals surface area contributed by atoms with E-state index >= 15 is 0 Å². The molecule has 0 heteroatoms. The minimum Gasteiger partial charge on any atom is -0.0654 e. The van der Waals surface area contributed by atoms with Gasteiger partial charge in [0, 0.05) is 0 Å². The van der Waals surface area contributed by atoms with Gasteiger partial charge in [-0.05, 0) is 30.1 Å². The molecule has 0 N–H and O–H groups in total. The molecule has 0 saturated heterocycles. The van der Waals surface area contributed by atoms with Gasteiger partial charge in [-0.3, -0.25) is 0 Å². The second-order valence-electron chi connectivity index (χ2n) is 6.59. The molecular formula is C17H36. The molecule has 3 unspecified atom stereocenters. The highest BCUT2D eigenvalue weighted by Gasteiger charge is 2.16. The van der Waals surface area contributed by atoms with E-state index in [9.17, 15) is 0 Å². The van der Waals surface area contributed by atoms with E-state index in [4.69, 9.17) is 0 Å². The fourth-order valence-corrected chi connectivity index (χ4v) is 2.86. The van der Waals surface area contributed by atoms with Gasteiger partial charge in [0.25, 0.3) is 0 Å². The molecule has 104 valence electrons. The minimum atomic E-state index is 0.871. The van der Waals surface area contributed by atoms with E-state index < -0.39 is 0 Å². The van der Waals surface area contributed by atoms with Gasteiger partial charge in [-0.2, -0.15) is 0 Å². The molecule has 0 aromatic heterocycles.